The Morgan fingerprint density at radius 3 is 2.32 bits per heavy atom. The molecule has 3 aromatic rings. The molecule has 0 spiro atoms. The number of unbranched alkanes of at least 4 members (excludes halogenated alkanes) is 1. The van der Waals surface area contributed by atoms with E-state index >= 15 is 0 Å². The number of rotatable bonds is 10. The summed E-state index contributed by atoms with van der Waals surface area (Å²) in [5.74, 6) is -0.407. The van der Waals surface area contributed by atoms with Crippen LogP contribution in [0.25, 0.3) is 16.6 Å². The van der Waals surface area contributed by atoms with Crippen molar-refractivity contribution in [3.8, 4) is 11.4 Å². The number of nitrogens with one attached hydrogen (secondary N) is 1. The van der Waals surface area contributed by atoms with Crippen molar-refractivity contribution in [1.82, 2.24) is 14.8 Å². The molecule has 1 heterocycles. The van der Waals surface area contributed by atoms with E-state index in [0.717, 1.165) is 49.1 Å². The van der Waals surface area contributed by atoms with Crippen LogP contribution in [-0.2, 0) is 4.79 Å². The molecular formula is C25H31N3O3. The van der Waals surface area contributed by atoms with Crippen LogP contribution in [0.5, 0.6) is 5.75 Å². The average molecular weight is 422 g/mol. The van der Waals surface area contributed by atoms with E-state index in [1.54, 1.807) is 0 Å². The molecule has 2 aromatic carbocycles. The molecule has 0 aliphatic rings. The maximum absolute atomic E-state index is 13.3. The summed E-state index contributed by atoms with van der Waals surface area (Å²) in [5, 5.41) is 3.75. The zero-order valence-corrected chi connectivity index (χ0v) is 18.6. The smallest absolute Gasteiger partial charge is 0.308 e. The summed E-state index contributed by atoms with van der Waals surface area (Å²) in [7, 11) is 0. The van der Waals surface area contributed by atoms with Crippen LogP contribution in [0.3, 0.4) is 0 Å². The van der Waals surface area contributed by atoms with Gasteiger partial charge >= 0.3 is 5.97 Å². The second kappa shape index (κ2) is 10.8. The van der Waals surface area contributed by atoms with Gasteiger partial charge in [0.2, 0.25) is 0 Å². The summed E-state index contributed by atoms with van der Waals surface area (Å²) in [4.78, 5) is 27.5. The molecule has 0 bridgehead atoms. The minimum absolute atomic E-state index is 0.251. The Balaban J connectivity index is 1.90. The molecule has 6 heteroatoms. The van der Waals surface area contributed by atoms with Crippen molar-refractivity contribution >= 4 is 22.8 Å². The number of carbonyl (C=O) groups excluding carboxylic acids is 2. The molecule has 0 aliphatic heterocycles. The summed E-state index contributed by atoms with van der Waals surface area (Å²) in [6, 6.07) is 17.2. The van der Waals surface area contributed by atoms with Gasteiger partial charge in [-0.3, -0.25) is 9.59 Å². The van der Waals surface area contributed by atoms with Crippen molar-refractivity contribution in [2.24, 2.45) is 0 Å². The van der Waals surface area contributed by atoms with E-state index in [1.165, 1.54) is 6.92 Å². The van der Waals surface area contributed by atoms with Crippen LogP contribution in [0, 0.1) is 0 Å². The van der Waals surface area contributed by atoms with E-state index < -0.39 is 5.97 Å². The Morgan fingerprint density at radius 1 is 0.968 bits per heavy atom. The van der Waals surface area contributed by atoms with Crippen LogP contribution in [-0.4, -0.2) is 47.5 Å². The minimum Gasteiger partial charge on any atom is -0.424 e. The number of amides is 1. The molecule has 1 amide bonds. The summed E-state index contributed by atoms with van der Waals surface area (Å²) in [5.41, 5.74) is 1.99. The number of aromatic nitrogens is 1. The maximum Gasteiger partial charge on any atom is 0.308 e. The van der Waals surface area contributed by atoms with E-state index in [-0.39, 0.29) is 5.91 Å². The topological polar surface area (TPSA) is 63.6 Å². The third kappa shape index (κ3) is 5.33. The second-order valence-electron chi connectivity index (χ2n) is 7.45. The van der Waals surface area contributed by atoms with Crippen LogP contribution >= 0.6 is 0 Å². The lowest BCUT2D eigenvalue weighted by molar-refractivity contribution is -0.131. The molecule has 0 saturated carbocycles. The predicted molar refractivity (Wildman–Crippen MR) is 124 cm³/mol. The van der Waals surface area contributed by atoms with Crippen molar-refractivity contribution in [2.75, 3.05) is 26.2 Å². The highest BCUT2D eigenvalue weighted by Crippen LogP contribution is 2.35. The quantitative estimate of drug-likeness (QED) is 0.389. The summed E-state index contributed by atoms with van der Waals surface area (Å²) in [6.07, 6.45) is 1.90. The zero-order valence-electron chi connectivity index (χ0n) is 18.6. The van der Waals surface area contributed by atoms with E-state index in [1.807, 2.05) is 59.2 Å². The average Bonchev–Trinajstić information content (AvgIpc) is 3.10. The van der Waals surface area contributed by atoms with Gasteiger partial charge in [-0.05, 0) is 56.7 Å². The van der Waals surface area contributed by atoms with E-state index in [9.17, 15) is 9.59 Å². The van der Waals surface area contributed by atoms with Crippen molar-refractivity contribution in [1.29, 1.82) is 0 Å². The molecular weight excluding hydrogens is 390 g/mol. The lowest BCUT2D eigenvalue weighted by atomic mass is 10.2. The van der Waals surface area contributed by atoms with Gasteiger partial charge in [0.05, 0.1) is 5.52 Å². The lowest BCUT2D eigenvalue weighted by Gasteiger charge is -2.17. The molecule has 0 unspecified atom stereocenters. The van der Waals surface area contributed by atoms with Gasteiger partial charge in [0.25, 0.3) is 5.91 Å². The first-order valence-electron chi connectivity index (χ1n) is 10.9. The summed E-state index contributed by atoms with van der Waals surface area (Å²) in [6.45, 7) is 9.32. The number of hydrogen-bond acceptors (Lipinski definition) is 4. The number of nitrogens with zero attached hydrogens (tertiary/aromatic N) is 2. The Bertz CT molecular complexity index is 1020. The van der Waals surface area contributed by atoms with Crippen LogP contribution in [0.1, 0.15) is 44.1 Å². The van der Waals surface area contributed by atoms with E-state index in [2.05, 4.69) is 24.1 Å². The highest BCUT2D eigenvalue weighted by atomic mass is 16.5. The van der Waals surface area contributed by atoms with Crippen molar-refractivity contribution < 1.29 is 14.3 Å². The van der Waals surface area contributed by atoms with Crippen LogP contribution in [0.2, 0.25) is 0 Å². The number of hydrogen-bond donors (Lipinski definition) is 1. The highest BCUT2D eigenvalue weighted by Gasteiger charge is 2.26. The van der Waals surface area contributed by atoms with Crippen molar-refractivity contribution in [2.45, 2.75) is 33.6 Å². The number of ether oxygens (including phenoxy) is 1. The molecule has 0 saturated heterocycles. The zero-order chi connectivity index (χ0) is 22.2. The van der Waals surface area contributed by atoms with Gasteiger partial charge in [-0.1, -0.05) is 44.2 Å². The van der Waals surface area contributed by atoms with Crippen LogP contribution < -0.4 is 10.1 Å². The van der Waals surface area contributed by atoms with Gasteiger partial charge in [-0.15, -0.1) is 0 Å². The lowest BCUT2D eigenvalue weighted by Crippen LogP contribution is -2.29. The Labute approximate surface area is 183 Å². The highest BCUT2D eigenvalue weighted by molar-refractivity contribution is 6.06. The molecule has 1 N–H and O–H groups in total. The largest absolute Gasteiger partial charge is 0.424 e. The summed E-state index contributed by atoms with van der Waals surface area (Å²) < 4.78 is 7.40. The maximum atomic E-state index is 13.3. The number of para-hydroxylation sites is 2. The van der Waals surface area contributed by atoms with Crippen molar-refractivity contribution in [3.63, 3.8) is 0 Å². The standard InChI is InChI=1S/C25H31N3O3/c1-4-27(5-2)18-12-11-17-26-25(30)23-24(31-19(3)29)21-15-9-10-16-22(21)28(23)20-13-7-6-8-14-20/h6-10,13-16H,4-5,11-12,17-18H2,1-3H3,(H,26,30). The Hall–Kier alpha value is -3.12. The molecule has 164 valence electrons. The molecule has 0 fully saturated rings. The predicted octanol–water partition coefficient (Wildman–Crippen LogP) is 4.41. The van der Waals surface area contributed by atoms with Gasteiger partial charge in [0.1, 0.15) is 0 Å². The van der Waals surface area contributed by atoms with Gasteiger partial charge < -0.3 is 19.5 Å². The molecule has 6 nitrogen and oxygen atoms in total. The van der Waals surface area contributed by atoms with Gasteiger partial charge in [0, 0.05) is 24.5 Å². The third-order valence-corrected chi connectivity index (χ3v) is 5.38. The first-order valence-corrected chi connectivity index (χ1v) is 10.9. The third-order valence-electron chi connectivity index (χ3n) is 5.38. The fourth-order valence-electron chi connectivity index (χ4n) is 3.79. The SMILES string of the molecule is CCN(CC)CCCCNC(=O)c1c(OC(C)=O)c2ccccc2n1-c1ccccc1. The first-order chi connectivity index (χ1) is 15.1. The van der Waals surface area contributed by atoms with Gasteiger partial charge in [0.15, 0.2) is 11.4 Å². The Morgan fingerprint density at radius 2 is 1.65 bits per heavy atom. The molecule has 0 radical (unpaired) electrons. The van der Waals surface area contributed by atoms with E-state index in [4.69, 9.17) is 4.74 Å². The molecule has 0 atom stereocenters. The fraction of sp³-hybridized carbons (Fsp3) is 0.360. The summed E-state index contributed by atoms with van der Waals surface area (Å²) >= 11 is 0. The van der Waals surface area contributed by atoms with Gasteiger partial charge in [-0.2, -0.15) is 0 Å². The van der Waals surface area contributed by atoms with Crippen LogP contribution in [0.15, 0.2) is 54.6 Å². The first kappa shape index (κ1) is 22.6. The minimum atomic E-state index is -0.454. The fourth-order valence-corrected chi connectivity index (χ4v) is 3.79. The molecule has 1 aromatic heterocycles. The van der Waals surface area contributed by atoms with Crippen LogP contribution in [0.4, 0.5) is 0 Å². The monoisotopic (exact) mass is 421 g/mol. The molecule has 31 heavy (non-hydrogen) atoms. The number of fused-ring (bicyclic) bond motifs is 1. The second-order valence-corrected chi connectivity index (χ2v) is 7.45. The van der Waals surface area contributed by atoms with Crippen molar-refractivity contribution in [3.05, 3.63) is 60.3 Å². The van der Waals surface area contributed by atoms with Gasteiger partial charge in [-0.25, -0.2) is 0 Å². The molecule has 0 aliphatic carbocycles. The number of benzene rings is 2. The Kier molecular flexibility index (Phi) is 7.84. The molecule has 3 rings (SSSR count). The number of carbonyl (C=O) groups is 2. The normalized spacial score (nSPS) is 11.1. The van der Waals surface area contributed by atoms with E-state index in [0.29, 0.717) is 18.0 Å². The number of esters is 1.